The number of carbonyl (C=O) groups is 1. The summed E-state index contributed by atoms with van der Waals surface area (Å²) in [7, 11) is 0. The van der Waals surface area contributed by atoms with Crippen molar-refractivity contribution in [3.8, 4) is 5.75 Å². The molecule has 0 unspecified atom stereocenters. The highest BCUT2D eigenvalue weighted by molar-refractivity contribution is 6.31. The van der Waals surface area contributed by atoms with Crippen molar-refractivity contribution in [1.29, 1.82) is 0 Å². The number of carbonyl (C=O) groups excluding carboxylic acids is 1. The van der Waals surface area contributed by atoms with Gasteiger partial charge in [0.2, 0.25) is 0 Å². The lowest BCUT2D eigenvalue weighted by Crippen LogP contribution is -2.62. The van der Waals surface area contributed by atoms with Gasteiger partial charge in [-0.3, -0.25) is 9.69 Å². The number of amides is 1. The van der Waals surface area contributed by atoms with Crippen LogP contribution in [0.15, 0.2) is 18.2 Å². The number of hydrogen-bond donors (Lipinski definition) is 1. The highest BCUT2D eigenvalue weighted by Crippen LogP contribution is 2.46. The smallest absolute Gasteiger partial charge is 0.257 e. The van der Waals surface area contributed by atoms with Crippen molar-refractivity contribution >= 4 is 17.5 Å². The lowest BCUT2D eigenvalue weighted by Gasteiger charge is -2.55. The van der Waals surface area contributed by atoms with Crippen molar-refractivity contribution in [2.45, 2.75) is 50.6 Å². The molecule has 0 aromatic heterocycles. The van der Waals surface area contributed by atoms with Gasteiger partial charge in [0.1, 0.15) is 5.75 Å². The molecule has 2 bridgehead atoms. The van der Waals surface area contributed by atoms with Gasteiger partial charge in [-0.2, -0.15) is 0 Å². The highest BCUT2D eigenvalue weighted by atomic mass is 35.5. The average molecular weight is 375 g/mol. The minimum Gasteiger partial charge on any atom is -0.507 e. The van der Waals surface area contributed by atoms with E-state index in [1.807, 2.05) is 4.90 Å². The summed E-state index contributed by atoms with van der Waals surface area (Å²) in [5.74, 6) is 2.05. The van der Waals surface area contributed by atoms with Gasteiger partial charge < -0.3 is 10.0 Å². The van der Waals surface area contributed by atoms with Crippen LogP contribution in [0.4, 0.5) is 0 Å². The first-order valence-electron chi connectivity index (χ1n) is 10.1. The topological polar surface area (TPSA) is 43.8 Å². The molecule has 4 aliphatic rings. The van der Waals surface area contributed by atoms with Crippen LogP contribution in [0.1, 0.15) is 48.9 Å². The van der Waals surface area contributed by atoms with Gasteiger partial charge in [0.25, 0.3) is 5.91 Å². The Morgan fingerprint density at radius 2 is 1.81 bits per heavy atom. The fraction of sp³-hybridized carbons (Fsp3) is 0.667. The molecule has 5 heteroatoms. The van der Waals surface area contributed by atoms with Crippen molar-refractivity contribution < 1.29 is 9.90 Å². The Hall–Kier alpha value is -1.26. The number of rotatable bonds is 2. The number of nitrogens with zero attached hydrogens (tertiary/aromatic N) is 2. The minimum absolute atomic E-state index is 0.0308. The van der Waals surface area contributed by atoms with E-state index in [2.05, 4.69) is 4.90 Å². The van der Waals surface area contributed by atoms with Crippen molar-refractivity contribution in [1.82, 2.24) is 9.80 Å². The molecule has 140 valence electrons. The molecule has 1 amide bonds. The van der Waals surface area contributed by atoms with Gasteiger partial charge in [-0.15, -0.1) is 0 Å². The Balaban J connectivity index is 1.36. The number of phenolic OH excluding ortho intramolecular Hbond substituents is 1. The van der Waals surface area contributed by atoms with E-state index < -0.39 is 0 Å². The maximum Gasteiger partial charge on any atom is 0.257 e. The quantitative estimate of drug-likeness (QED) is 0.856. The summed E-state index contributed by atoms with van der Waals surface area (Å²) in [4.78, 5) is 17.8. The third-order valence-electron chi connectivity index (χ3n) is 7.08. The molecule has 4 fully saturated rings. The Kier molecular flexibility index (Phi) is 4.17. The van der Waals surface area contributed by atoms with Crippen LogP contribution in [0.25, 0.3) is 0 Å². The van der Waals surface area contributed by atoms with Crippen LogP contribution in [-0.4, -0.2) is 52.5 Å². The van der Waals surface area contributed by atoms with Crippen molar-refractivity contribution in [3.63, 3.8) is 0 Å². The van der Waals surface area contributed by atoms with Gasteiger partial charge >= 0.3 is 0 Å². The Morgan fingerprint density at radius 3 is 2.58 bits per heavy atom. The molecule has 4 atom stereocenters. The van der Waals surface area contributed by atoms with Gasteiger partial charge in [-0.1, -0.05) is 18.0 Å². The third-order valence-corrected chi connectivity index (χ3v) is 7.31. The van der Waals surface area contributed by atoms with Crippen LogP contribution in [0.5, 0.6) is 5.75 Å². The van der Waals surface area contributed by atoms with Gasteiger partial charge in [-0.05, 0) is 68.1 Å². The molecule has 3 heterocycles. The molecule has 1 aromatic carbocycles. The second-order valence-corrected chi connectivity index (χ2v) is 9.27. The zero-order valence-electron chi connectivity index (χ0n) is 15.1. The predicted octanol–water partition coefficient (Wildman–Crippen LogP) is 3.77. The number of aromatic hydroxyl groups is 1. The van der Waals surface area contributed by atoms with Crippen LogP contribution in [0.3, 0.4) is 0 Å². The molecule has 1 N–H and O–H groups in total. The molecule has 1 aromatic rings. The standard InChI is InChI=1S/C21H27ClN2O2/c22-16-6-7-20(25)17(9-16)21(26)23-10-13-8-15(12-23)19-3-1-2-18(14-4-5-14)24(19)11-13/h6-7,9,13-15,18-19,25H,1-5,8,10-12H2/t13-,15+,18+,19-/m0/s1. The summed E-state index contributed by atoms with van der Waals surface area (Å²) in [5, 5.41) is 10.6. The first-order chi connectivity index (χ1) is 12.6. The zero-order chi connectivity index (χ0) is 17.8. The van der Waals surface area contributed by atoms with Crippen LogP contribution in [0, 0.1) is 17.8 Å². The second kappa shape index (κ2) is 6.42. The van der Waals surface area contributed by atoms with E-state index in [1.165, 1.54) is 44.6 Å². The van der Waals surface area contributed by atoms with Crippen LogP contribution >= 0.6 is 11.6 Å². The van der Waals surface area contributed by atoms with Gasteiger partial charge in [-0.25, -0.2) is 0 Å². The minimum atomic E-state index is -0.0669. The Labute approximate surface area is 160 Å². The van der Waals surface area contributed by atoms with Crippen molar-refractivity contribution in [2.24, 2.45) is 17.8 Å². The molecular formula is C21H27ClN2O2. The summed E-state index contributed by atoms with van der Waals surface area (Å²) < 4.78 is 0. The van der Waals surface area contributed by atoms with Gasteiger partial charge in [0.15, 0.2) is 0 Å². The lowest BCUT2D eigenvalue weighted by molar-refractivity contribution is -0.0551. The SMILES string of the molecule is O=C(c1cc(Cl)ccc1O)N1C[C@@H]2C[C@H](C1)[C@@H]1CCC[C@H](C3CC3)N1C2. The molecule has 4 nitrogen and oxygen atoms in total. The third kappa shape index (κ3) is 2.91. The number of likely N-dealkylation sites (tertiary alicyclic amines) is 1. The fourth-order valence-corrected chi connectivity index (χ4v) is 6.02. The number of hydrogen-bond acceptors (Lipinski definition) is 3. The maximum atomic E-state index is 13.0. The molecule has 0 spiro atoms. The van der Waals surface area contributed by atoms with E-state index in [9.17, 15) is 9.90 Å². The highest BCUT2D eigenvalue weighted by Gasteiger charge is 2.48. The molecule has 1 aliphatic carbocycles. The number of piperidine rings is 3. The van der Waals surface area contributed by atoms with Crippen LogP contribution in [-0.2, 0) is 0 Å². The van der Waals surface area contributed by atoms with Crippen LogP contribution < -0.4 is 0 Å². The molecule has 1 saturated carbocycles. The van der Waals surface area contributed by atoms with E-state index in [1.54, 1.807) is 12.1 Å². The Bertz CT molecular complexity index is 720. The number of phenols is 1. The van der Waals surface area contributed by atoms with Gasteiger partial charge in [0.05, 0.1) is 5.56 Å². The summed E-state index contributed by atoms with van der Waals surface area (Å²) in [6.45, 7) is 2.77. The predicted molar refractivity (Wildman–Crippen MR) is 101 cm³/mol. The Morgan fingerprint density at radius 1 is 1.04 bits per heavy atom. The largest absolute Gasteiger partial charge is 0.507 e. The van der Waals surface area contributed by atoms with E-state index in [-0.39, 0.29) is 11.7 Å². The number of benzene rings is 1. The molecular weight excluding hydrogens is 348 g/mol. The average Bonchev–Trinajstić information content (AvgIpc) is 3.47. The summed E-state index contributed by atoms with van der Waals surface area (Å²) >= 11 is 6.05. The molecule has 5 rings (SSSR count). The number of halogens is 1. The molecule has 26 heavy (non-hydrogen) atoms. The molecule has 3 aliphatic heterocycles. The lowest BCUT2D eigenvalue weighted by atomic mass is 9.74. The second-order valence-electron chi connectivity index (χ2n) is 8.83. The van der Waals surface area contributed by atoms with E-state index in [0.717, 1.165) is 31.6 Å². The van der Waals surface area contributed by atoms with E-state index in [4.69, 9.17) is 11.6 Å². The van der Waals surface area contributed by atoms with Crippen molar-refractivity contribution in [2.75, 3.05) is 19.6 Å². The summed E-state index contributed by atoms with van der Waals surface area (Å²) in [5.41, 5.74) is 0.342. The number of fused-ring (bicyclic) bond motifs is 4. The summed E-state index contributed by atoms with van der Waals surface area (Å²) in [6.07, 6.45) is 8.09. The van der Waals surface area contributed by atoms with Crippen molar-refractivity contribution in [3.05, 3.63) is 28.8 Å². The monoisotopic (exact) mass is 374 g/mol. The fourth-order valence-electron chi connectivity index (χ4n) is 5.85. The van der Waals surface area contributed by atoms with E-state index >= 15 is 0 Å². The van der Waals surface area contributed by atoms with Crippen LogP contribution in [0.2, 0.25) is 5.02 Å². The zero-order valence-corrected chi connectivity index (χ0v) is 15.9. The van der Waals surface area contributed by atoms with Gasteiger partial charge in [0, 0.05) is 36.7 Å². The molecule has 3 saturated heterocycles. The summed E-state index contributed by atoms with van der Waals surface area (Å²) in [6, 6.07) is 6.19. The molecule has 0 radical (unpaired) electrons. The maximum absolute atomic E-state index is 13.0. The normalized spacial score (nSPS) is 34.4. The first kappa shape index (κ1) is 16.9. The van der Waals surface area contributed by atoms with E-state index in [0.29, 0.717) is 28.5 Å². The first-order valence-corrected chi connectivity index (χ1v) is 10.5.